The average molecular weight is 506 g/mol. The van der Waals surface area contributed by atoms with Gasteiger partial charge in [0.2, 0.25) is 5.91 Å². The number of rotatable bonds is 8. The molecule has 2 aromatic heterocycles. The summed E-state index contributed by atoms with van der Waals surface area (Å²) in [6.07, 6.45) is 1.93. The van der Waals surface area contributed by atoms with Gasteiger partial charge in [-0.15, -0.1) is 46.7 Å². The number of aliphatic imine (C=N–C) groups is 1. The number of guanidine groups is 1. The molecular formula is C18H27IN4OS2. The van der Waals surface area contributed by atoms with Crippen LogP contribution in [0.4, 0.5) is 0 Å². The first-order valence-electron chi connectivity index (χ1n) is 8.30. The Morgan fingerprint density at radius 3 is 2.23 bits per heavy atom. The Labute approximate surface area is 181 Å². The highest BCUT2D eigenvalue weighted by molar-refractivity contribution is 14.0. The summed E-state index contributed by atoms with van der Waals surface area (Å²) in [5.74, 6) is 0.785. The fourth-order valence-electron chi connectivity index (χ4n) is 2.19. The van der Waals surface area contributed by atoms with Crippen molar-refractivity contribution in [3.8, 4) is 0 Å². The lowest BCUT2D eigenvalue weighted by molar-refractivity contribution is -0.127. The molecule has 0 fully saturated rings. The van der Waals surface area contributed by atoms with Crippen molar-refractivity contribution in [2.45, 2.75) is 12.8 Å². The third kappa shape index (κ3) is 8.05. The highest BCUT2D eigenvalue weighted by Crippen LogP contribution is 2.10. The van der Waals surface area contributed by atoms with E-state index in [-0.39, 0.29) is 36.4 Å². The van der Waals surface area contributed by atoms with Gasteiger partial charge in [-0.05, 0) is 35.7 Å². The van der Waals surface area contributed by atoms with E-state index in [4.69, 9.17) is 0 Å². The summed E-state index contributed by atoms with van der Waals surface area (Å²) in [6, 6.07) is 8.43. The largest absolute Gasteiger partial charge is 0.356 e. The van der Waals surface area contributed by atoms with Crippen molar-refractivity contribution in [1.29, 1.82) is 0 Å². The van der Waals surface area contributed by atoms with Crippen LogP contribution in [-0.4, -0.2) is 62.4 Å². The number of halogens is 1. The molecule has 0 aliphatic carbocycles. The van der Waals surface area contributed by atoms with Gasteiger partial charge in [-0.25, -0.2) is 4.99 Å². The first-order valence-corrected chi connectivity index (χ1v) is 10.1. The summed E-state index contributed by atoms with van der Waals surface area (Å²) in [5.41, 5.74) is 0. The first-order chi connectivity index (χ1) is 12.1. The maximum absolute atomic E-state index is 11.9. The molecule has 144 valence electrons. The summed E-state index contributed by atoms with van der Waals surface area (Å²) in [7, 11) is 5.52. The third-order valence-corrected chi connectivity index (χ3v) is 5.61. The SMILES string of the molecule is CN(C)C(=O)CN=C(NCCc1cccs1)N(C)CCc1cccs1.I. The highest BCUT2D eigenvalue weighted by atomic mass is 127. The first kappa shape index (κ1) is 22.9. The predicted octanol–water partition coefficient (Wildman–Crippen LogP) is 3.18. The Kier molecular flexibility index (Phi) is 10.8. The molecule has 0 aliphatic rings. The maximum atomic E-state index is 11.9. The molecule has 8 heteroatoms. The van der Waals surface area contributed by atoms with Crippen LogP contribution >= 0.6 is 46.7 Å². The molecule has 0 bridgehead atoms. The summed E-state index contributed by atoms with van der Waals surface area (Å²) >= 11 is 3.53. The van der Waals surface area contributed by atoms with Crippen molar-refractivity contribution in [2.75, 3.05) is 40.8 Å². The molecule has 5 nitrogen and oxygen atoms in total. The van der Waals surface area contributed by atoms with Gasteiger partial charge in [0.15, 0.2) is 5.96 Å². The van der Waals surface area contributed by atoms with Crippen LogP contribution in [0, 0.1) is 0 Å². The number of hydrogen-bond acceptors (Lipinski definition) is 4. The van der Waals surface area contributed by atoms with Crippen LogP contribution in [0.25, 0.3) is 0 Å². The molecule has 0 radical (unpaired) electrons. The van der Waals surface area contributed by atoms with Crippen molar-refractivity contribution in [2.24, 2.45) is 4.99 Å². The summed E-state index contributed by atoms with van der Waals surface area (Å²) < 4.78 is 0. The van der Waals surface area contributed by atoms with Crippen molar-refractivity contribution in [3.05, 3.63) is 44.8 Å². The monoisotopic (exact) mass is 506 g/mol. The van der Waals surface area contributed by atoms with E-state index in [9.17, 15) is 4.79 Å². The zero-order chi connectivity index (χ0) is 18.1. The van der Waals surface area contributed by atoms with Crippen molar-refractivity contribution in [3.63, 3.8) is 0 Å². The highest BCUT2D eigenvalue weighted by Gasteiger charge is 2.09. The zero-order valence-electron chi connectivity index (χ0n) is 15.5. The van der Waals surface area contributed by atoms with Crippen LogP contribution < -0.4 is 5.32 Å². The molecule has 0 atom stereocenters. The van der Waals surface area contributed by atoms with Gasteiger partial charge in [-0.3, -0.25) is 4.79 Å². The lowest BCUT2D eigenvalue weighted by atomic mass is 10.3. The Bertz CT molecular complexity index is 657. The van der Waals surface area contributed by atoms with Crippen molar-refractivity contribution < 1.29 is 4.79 Å². The van der Waals surface area contributed by atoms with Gasteiger partial charge in [-0.1, -0.05) is 12.1 Å². The number of amides is 1. The van der Waals surface area contributed by atoms with E-state index in [0.717, 1.165) is 31.9 Å². The molecule has 26 heavy (non-hydrogen) atoms. The lowest BCUT2D eigenvalue weighted by Crippen LogP contribution is -2.41. The molecule has 2 heterocycles. The maximum Gasteiger partial charge on any atom is 0.243 e. The summed E-state index contributed by atoms with van der Waals surface area (Å²) in [6.45, 7) is 1.83. The standard InChI is InChI=1S/C18H26N4OS2.HI/c1-21(2)17(23)14-20-18(19-10-8-15-6-4-12-24-15)22(3)11-9-16-7-5-13-25-16;/h4-7,12-13H,8-11,14H2,1-3H3,(H,19,20);1H. The zero-order valence-corrected chi connectivity index (χ0v) is 19.4. The van der Waals surface area contributed by atoms with E-state index >= 15 is 0 Å². The number of carbonyl (C=O) groups excluding carboxylic acids is 1. The molecule has 1 N–H and O–H groups in total. The number of carbonyl (C=O) groups is 1. The van der Waals surface area contributed by atoms with Crippen LogP contribution in [-0.2, 0) is 17.6 Å². The van der Waals surface area contributed by atoms with E-state index < -0.39 is 0 Å². The molecule has 0 aromatic carbocycles. The van der Waals surface area contributed by atoms with E-state index in [1.807, 2.05) is 7.05 Å². The van der Waals surface area contributed by atoms with Gasteiger partial charge in [-0.2, -0.15) is 0 Å². The predicted molar refractivity (Wildman–Crippen MR) is 123 cm³/mol. The summed E-state index contributed by atoms with van der Waals surface area (Å²) in [5, 5.41) is 7.58. The van der Waals surface area contributed by atoms with E-state index in [1.54, 1.807) is 41.7 Å². The molecule has 2 aromatic rings. The third-order valence-electron chi connectivity index (χ3n) is 3.73. The molecule has 0 aliphatic heterocycles. The second-order valence-electron chi connectivity index (χ2n) is 5.94. The van der Waals surface area contributed by atoms with Crippen molar-refractivity contribution >= 4 is 58.5 Å². The molecular weight excluding hydrogens is 479 g/mol. The minimum absolute atomic E-state index is 0. The number of nitrogens with zero attached hydrogens (tertiary/aromatic N) is 3. The van der Waals surface area contributed by atoms with Crippen LogP contribution in [0.15, 0.2) is 40.0 Å². The number of likely N-dealkylation sites (N-methyl/N-ethyl adjacent to an activating group) is 2. The molecule has 0 unspecified atom stereocenters. The number of thiophene rings is 2. The fourth-order valence-corrected chi connectivity index (χ4v) is 3.59. The van der Waals surface area contributed by atoms with E-state index in [2.05, 4.69) is 50.2 Å². The normalized spacial score (nSPS) is 11.0. The minimum Gasteiger partial charge on any atom is -0.356 e. The second kappa shape index (κ2) is 12.3. The quantitative estimate of drug-likeness (QED) is 0.340. The smallest absolute Gasteiger partial charge is 0.243 e. The minimum atomic E-state index is 0. The van der Waals surface area contributed by atoms with Crippen LogP contribution in [0.3, 0.4) is 0 Å². The summed E-state index contributed by atoms with van der Waals surface area (Å²) in [4.78, 5) is 22.7. The second-order valence-corrected chi connectivity index (χ2v) is 8.00. The average Bonchev–Trinajstić information content (AvgIpc) is 3.28. The van der Waals surface area contributed by atoms with Gasteiger partial charge in [0.05, 0.1) is 0 Å². The van der Waals surface area contributed by atoms with E-state index in [0.29, 0.717) is 0 Å². The van der Waals surface area contributed by atoms with Gasteiger partial charge in [0.25, 0.3) is 0 Å². The Balaban J connectivity index is 0.00000338. The fraction of sp³-hybridized carbons (Fsp3) is 0.444. The molecule has 0 saturated carbocycles. The van der Waals surface area contributed by atoms with Crippen LogP contribution in [0.2, 0.25) is 0 Å². The lowest BCUT2D eigenvalue weighted by Gasteiger charge is -2.22. The van der Waals surface area contributed by atoms with Gasteiger partial charge in [0.1, 0.15) is 6.54 Å². The Hall–Kier alpha value is -1.13. The van der Waals surface area contributed by atoms with Crippen molar-refractivity contribution in [1.82, 2.24) is 15.1 Å². The number of nitrogens with one attached hydrogen (secondary N) is 1. The Morgan fingerprint density at radius 1 is 1.08 bits per heavy atom. The Morgan fingerprint density at radius 2 is 1.69 bits per heavy atom. The van der Waals surface area contributed by atoms with Gasteiger partial charge >= 0.3 is 0 Å². The van der Waals surface area contributed by atoms with E-state index in [1.165, 1.54) is 9.75 Å². The molecule has 2 rings (SSSR count). The number of hydrogen-bond donors (Lipinski definition) is 1. The molecule has 1 amide bonds. The van der Waals surface area contributed by atoms with Crippen LogP contribution in [0.1, 0.15) is 9.75 Å². The topological polar surface area (TPSA) is 47.9 Å². The van der Waals surface area contributed by atoms with Crippen LogP contribution in [0.5, 0.6) is 0 Å². The molecule has 0 saturated heterocycles. The molecule has 0 spiro atoms. The van der Waals surface area contributed by atoms with Gasteiger partial charge < -0.3 is 15.1 Å². The van der Waals surface area contributed by atoms with Gasteiger partial charge in [0, 0.05) is 44.0 Å².